The first-order chi connectivity index (χ1) is 10.1. The molecule has 108 valence electrons. The Morgan fingerprint density at radius 1 is 1.19 bits per heavy atom. The number of carbonyl (C=O) groups is 1. The van der Waals surface area contributed by atoms with E-state index >= 15 is 0 Å². The molecule has 1 aliphatic rings. The first-order valence-electron chi connectivity index (χ1n) is 6.65. The maximum Gasteiger partial charge on any atom is 0.324 e. The lowest BCUT2D eigenvalue weighted by molar-refractivity contribution is 0.218. The number of anilines is 2. The van der Waals surface area contributed by atoms with Crippen molar-refractivity contribution in [3.63, 3.8) is 0 Å². The van der Waals surface area contributed by atoms with Crippen LogP contribution in [0.1, 0.15) is 5.56 Å². The largest absolute Gasteiger partial charge is 0.399 e. The molecule has 1 saturated heterocycles. The third kappa shape index (κ3) is 3.00. The summed E-state index contributed by atoms with van der Waals surface area (Å²) in [5, 5.41) is 0. The molecule has 21 heavy (non-hydrogen) atoms. The zero-order valence-electron chi connectivity index (χ0n) is 11.4. The van der Waals surface area contributed by atoms with Gasteiger partial charge in [-0.1, -0.05) is 0 Å². The average molecular weight is 347 g/mol. The van der Waals surface area contributed by atoms with Crippen LogP contribution in [0.3, 0.4) is 0 Å². The SMILES string of the molecule is Nc1ccc(N2CCN(Cc3cncc(Br)c3)C2=O)cc1. The highest BCUT2D eigenvalue weighted by Gasteiger charge is 2.29. The molecule has 5 nitrogen and oxygen atoms in total. The molecule has 0 atom stereocenters. The number of hydrogen-bond acceptors (Lipinski definition) is 3. The molecule has 0 unspecified atom stereocenters. The van der Waals surface area contributed by atoms with Crippen LogP contribution >= 0.6 is 15.9 Å². The van der Waals surface area contributed by atoms with Gasteiger partial charge in [-0.05, 0) is 51.8 Å². The predicted octanol–water partition coefficient (Wildman–Crippen LogP) is 2.87. The number of nitrogen functional groups attached to an aromatic ring is 1. The molecule has 1 aromatic carbocycles. The Morgan fingerprint density at radius 2 is 1.95 bits per heavy atom. The van der Waals surface area contributed by atoms with Crippen molar-refractivity contribution in [2.45, 2.75) is 6.54 Å². The highest BCUT2D eigenvalue weighted by Crippen LogP contribution is 2.23. The van der Waals surface area contributed by atoms with Crippen molar-refractivity contribution < 1.29 is 4.79 Å². The molecule has 1 aliphatic heterocycles. The molecule has 2 N–H and O–H groups in total. The number of nitrogens with two attached hydrogens (primary N) is 1. The van der Waals surface area contributed by atoms with Crippen LogP contribution in [-0.4, -0.2) is 29.0 Å². The minimum Gasteiger partial charge on any atom is -0.399 e. The molecular formula is C15H15BrN4O. The minimum absolute atomic E-state index is 0.0137. The number of nitrogens with zero attached hydrogens (tertiary/aromatic N) is 3. The molecule has 6 heteroatoms. The summed E-state index contributed by atoms with van der Waals surface area (Å²) >= 11 is 3.39. The minimum atomic E-state index is 0.0137. The topological polar surface area (TPSA) is 62.5 Å². The molecule has 2 heterocycles. The van der Waals surface area contributed by atoms with Gasteiger partial charge in [-0.25, -0.2) is 4.79 Å². The van der Waals surface area contributed by atoms with Crippen LogP contribution in [0.15, 0.2) is 47.2 Å². The summed E-state index contributed by atoms with van der Waals surface area (Å²) in [5.74, 6) is 0. The summed E-state index contributed by atoms with van der Waals surface area (Å²) in [6.45, 7) is 1.96. The monoisotopic (exact) mass is 346 g/mol. The quantitative estimate of drug-likeness (QED) is 0.869. The van der Waals surface area contributed by atoms with Gasteiger partial charge in [0.25, 0.3) is 0 Å². The molecule has 0 spiro atoms. The van der Waals surface area contributed by atoms with Crippen molar-refractivity contribution >= 4 is 33.3 Å². The Labute approximate surface area is 131 Å². The molecule has 1 aromatic heterocycles. The van der Waals surface area contributed by atoms with Crippen LogP contribution in [0, 0.1) is 0 Å². The van der Waals surface area contributed by atoms with Gasteiger partial charge in [0.1, 0.15) is 0 Å². The highest BCUT2D eigenvalue weighted by molar-refractivity contribution is 9.10. The fraction of sp³-hybridized carbons (Fsp3) is 0.200. The third-order valence-corrected chi connectivity index (χ3v) is 3.87. The fourth-order valence-electron chi connectivity index (χ4n) is 2.39. The van der Waals surface area contributed by atoms with E-state index in [0.717, 1.165) is 15.7 Å². The Morgan fingerprint density at radius 3 is 2.67 bits per heavy atom. The third-order valence-electron chi connectivity index (χ3n) is 3.43. The van der Waals surface area contributed by atoms with Gasteiger partial charge in [0.05, 0.1) is 0 Å². The summed E-state index contributed by atoms with van der Waals surface area (Å²) in [7, 11) is 0. The van der Waals surface area contributed by atoms with Crippen molar-refractivity contribution in [1.29, 1.82) is 0 Å². The number of benzene rings is 1. The zero-order valence-corrected chi connectivity index (χ0v) is 13.0. The molecule has 0 aliphatic carbocycles. The van der Waals surface area contributed by atoms with Crippen LogP contribution in [0.2, 0.25) is 0 Å². The van der Waals surface area contributed by atoms with Gasteiger partial charge < -0.3 is 10.6 Å². The molecule has 2 aromatic rings. The normalized spacial score (nSPS) is 14.8. The van der Waals surface area contributed by atoms with E-state index in [-0.39, 0.29) is 6.03 Å². The lowest BCUT2D eigenvalue weighted by atomic mass is 10.2. The van der Waals surface area contributed by atoms with Gasteiger partial charge in [0.15, 0.2) is 0 Å². The number of hydrogen-bond donors (Lipinski definition) is 1. The van der Waals surface area contributed by atoms with E-state index < -0.39 is 0 Å². The van der Waals surface area contributed by atoms with E-state index in [1.54, 1.807) is 17.3 Å². The maximum absolute atomic E-state index is 12.5. The van der Waals surface area contributed by atoms with Gasteiger partial charge in [0.2, 0.25) is 0 Å². The van der Waals surface area contributed by atoms with Gasteiger partial charge in [0, 0.05) is 47.9 Å². The number of aromatic nitrogens is 1. The van der Waals surface area contributed by atoms with Crippen molar-refractivity contribution in [2.75, 3.05) is 23.7 Å². The van der Waals surface area contributed by atoms with Crippen LogP contribution in [0.25, 0.3) is 0 Å². The summed E-state index contributed by atoms with van der Waals surface area (Å²) in [6, 6.07) is 9.35. The molecule has 0 saturated carbocycles. The summed E-state index contributed by atoms with van der Waals surface area (Å²) in [6.07, 6.45) is 3.51. The average Bonchev–Trinajstić information content (AvgIpc) is 2.81. The van der Waals surface area contributed by atoms with Gasteiger partial charge >= 0.3 is 6.03 Å². The predicted molar refractivity (Wildman–Crippen MR) is 85.9 cm³/mol. The molecule has 2 amide bonds. The smallest absolute Gasteiger partial charge is 0.324 e. The molecule has 3 rings (SSSR count). The number of amides is 2. The number of pyridine rings is 1. The number of halogens is 1. The number of carbonyl (C=O) groups excluding carboxylic acids is 1. The second kappa shape index (κ2) is 5.73. The fourth-order valence-corrected chi connectivity index (χ4v) is 2.80. The highest BCUT2D eigenvalue weighted by atomic mass is 79.9. The van der Waals surface area contributed by atoms with Gasteiger partial charge in [-0.2, -0.15) is 0 Å². The summed E-state index contributed by atoms with van der Waals surface area (Å²) in [4.78, 5) is 20.2. The Kier molecular flexibility index (Phi) is 3.79. The van der Waals surface area contributed by atoms with Gasteiger partial charge in [-0.15, -0.1) is 0 Å². The van der Waals surface area contributed by atoms with Crippen molar-refractivity contribution in [3.05, 3.63) is 52.8 Å². The first-order valence-corrected chi connectivity index (χ1v) is 7.44. The lowest BCUT2D eigenvalue weighted by Gasteiger charge is -2.19. The van der Waals surface area contributed by atoms with Crippen LogP contribution < -0.4 is 10.6 Å². The zero-order chi connectivity index (χ0) is 14.8. The standard InChI is InChI=1S/C15H15BrN4O/c16-12-7-11(8-18-9-12)10-19-5-6-20(15(19)21)14-3-1-13(17)2-4-14/h1-4,7-9H,5-6,10,17H2. The first kappa shape index (κ1) is 13.9. The molecule has 0 bridgehead atoms. The van der Waals surface area contributed by atoms with E-state index in [4.69, 9.17) is 5.73 Å². The van der Waals surface area contributed by atoms with Crippen molar-refractivity contribution in [1.82, 2.24) is 9.88 Å². The van der Waals surface area contributed by atoms with Crippen LogP contribution in [0.5, 0.6) is 0 Å². The second-order valence-electron chi connectivity index (χ2n) is 4.96. The Balaban J connectivity index is 1.73. The Hall–Kier alpha value is -2.08. The number of urea groups is 1. The maximum atomic E-state index is 12.5. The van der Waals surface area contributed by atoms with E-state index in [2.05, 4.69) is 20.9 Å². The Bertz CT molecular complexity index is 659. The van der Waals surface area contributed by atoms with E-state index in [0.29, 0.717) is 25.3 Å². The molecular weight excluding hydrogens is 332 g/mol. The lowest BCUT2D eigenvalue weighted by Crippen LogP contribution is -2.31. The van der Waals surface area contributed by atoms with Crippen LogP contribution in [0.4, 0.5) is 16.2 Å². The molecule has 1 fully saturated rings. The van der Waals surface area contributed by atoms with Crippen LogP contribution in [-0.2, 0) is 6.54 Å². The second-order valence-corrected chi connectivity index (χ2v) is 5.87. The van der Waals surface area contributed by atoms with E-state index in [1.807, 2.05) is 35.2 Å². The van der Waals surface area contributed by atoms with Crippen molar-refractivity contribution in [3.8, 4) is 0 Å². The van der Waals surface area contributed by atoms with Gasteiger partial charge in [-0.3, -0.25) is 9.88 Å². The summed E-state index contributed by atoms with van der Waals surface area (Å²) < 4.78 is 0.919. The molecule has 0 radical (unpaired) electrons. The van der Waals surface area contributed by atoms with E-state index in [9.17, 15) is 4.79 Å². The number of rotatable bonds is 3. The summed E-state index contributed by atoms with van der Waals surface area (Å²) in [5.41, 5.74) is 8.26. The van der Waals surface area contributed by atoms with E-state index in [1.165, 1.54) is 0 Å². The van der Waals surface area contributed by atoms with Crippen molar-refractivity contribution in [2.24, 2.45) is 0 Å².